The molecule has 3 rings (SSSR count). The van der Waals surface area contributed by atoms with Crippen molar-refractivity contribution in [3.05, 3.63) is 65.5 Å². The minimum atomic E-state index is -0.375. The molecule has 1 aromatic heterocycles. The Balaban J connectivity index is 2.11. The molecule has 4 nitrogen and oxygen atoms in total. The lowest BCUT2D eigenvalue weighted by atomic mass is 9.85. The Morgan fingerprint density at radius 3 is 2.63 bits per heavy atom. The summed E-state index contributed by atoms with van der Waals surface area (Å²) >= 11 is 0. The number of aromatic nitrogens is 1. The molecule has 0 aliphatic carbocycles. The Morgan fingerprint density at radius 1 is 1.16 bits per heavy atom. The van der Waals surface area contributed by atoms with E-state index >= 15 is 0 Å². The van der Waals surface area contributed by atoms with Crippen LogP contribution in [0.1, 0.15) is 28.8 Å². The van der Waals surface area contributed by atoms with Crippen LogP contribution < -0.4 is 11.1 Å². The lowest BCUT2D eigenvalue weighted by Gasteiger charge is -2.35. The van der Waals surface area contributed by atoms with Gasteiger partial charge in [0.15, 0.2) is 0 Å². The van der Waals surface area contributed by atoms with Crippen LogP contribution in [0.2, 0.25) is 0 Å². The fourth-order valence-corrected chi connectivity index (χ4v) is 2.60. The SMILES string of the molecule is NC1c2ccccc2C(c2cccnc2)NC1C=O. The van der Waals surface area contributed by atoms with Gasteiger partial charge in [0.25, 0.3) is 0 Å². The van der Waals surface area contributed by atoms with Gasteiger partial charge in [-0.1, -0.05) is 30.3 Å². The molecule has 2 aromatic rings. The summed E-state index contributed by atoms with van der Waals surface area (Å²) in [5.74, 6) is 0. The van der Waals surface area contributed by atoms with E-state index in [1.165, 1.54) is 0 Å². The average Bonchev–Trinajstić information content (AvgIpc) is 2.49. The van der Waals surface area contributed by atoms with Gasteiger partial charge in [0.2, 0.25) is 0 Å². The second kappa shape index (κ2) is 4.91. The first kappa shape index (κ1) is 12.0. The van der Waals surface area contributed by atoms with Crippen LogP contribution in [0.5, 0.6) is 0 Å². The second-order valence-electron chi connectivity index (χ2n) is 4.70. The van der Waals surface area contributed by atoms with Gasteiger partial charge in [-0.2, -0.15) is 0 Å². The summed E-state index contributed by atoms with van der Waals surface area (Å²) in [4.78, 5) is 15.3. The summed E-state index contributed by atoms with van der Waals surface area (Å²) in [6.07, 6.45) is 4.43. The van der Waals surface area contributed by atoms with Crippen molar-refractivity contribution in [1.29, 1.82) is 0 Å². The van der Waals surface area contributed by atoms with Crippen LogP contribution in [-0.2, 0) is 4.79 Å². The predicted molar refractivity (Wildman–Crippen MR) is 72.4 cm³/mol. The van der Waals surface area contributed by atoms with Crippen LogP contribution >= 0.6 is 0 Å². The van der Waals surface area contributed by atoms with Gasteiger partial charge in [-0.05, 0) is 22.8 Å². The summed E-state index contributed by atoms with van der Waals surface area (Å²) in [5, 5.41) is 3.29. The lowest BCUT2D eigenvalue weighted by Crippen LogP contribution is -2.47. The maximum Gasteiger partial charge on any atom is 0.138 e. The molecule has 2 heterocycles. The monoisotopic (exact) mass is 253 g/mol. The molecule has 3 N–H and O–H groups in total. The highest BCUT2D eigenvalue weighted by atomic mass is 16.1. The zero-order valence-electron chi connectivity index (χ0n) is 10.4. The van der Waals surface area contributed by atoms with Crippen molar-refractivity contribution in [2.75, 3.05) is 0 Å². The standard InChI is InChI=1S/C15H15N3O/c16-14-11-5-1-2-6-12(11)15(18-13(14)9-19)10-4-3-7-17-8-10/h1-9,13-15,18H,16H2. The first-order valence-corrected chi connectivity index (χ1v) is 6.27. The molecule has 0 spiro atoms. The number of nitrogens with zero attached hydrogens (tertiary/aromatic N) is 1. The van der Waals surface area contributed by atoms with Crippen LogP contribution in [-0.4, -0.2) is 17.3 Å². The molecule has 19 heavy (non-hydrogen) atoms. The van der Waals surface area contributed by atoms with Crippen LogP contribution in [0, 0.1) is 0 Å². The Hall–Kier alpha value is -2.04. The van der Waals surface area contributed by atoms with Gasteiger partial charge < -0.3 is 10.5 Å². The molecule has 1 aliphatic rings. The summed E-state index contributed by atoms with van der Waals surface area (Å²) in [5.41, 5.74) is 9.30. The van der Waals surface area contributed by atoms with E-state index in [4.69, 9.17) is 5.73 Å². The summed E-state index contributed by atoms with van der Waals surface area (Å²) in [6.45, 7) is 0. The minimum Gasteiger partial charge on any atom is -0.322 e. The molecule has 3 unspecified atom stereocenters. The van der Waals surface area contributed by atoms with Crippen molar-refractivity contribution in [2.45, 2.75) is 18.1 Å². The highest BCUT2D eigenvalue weighted by Crippen LogP contribution is 2.33. The van der Waals surface area contributed by atoms with E-state index in [1.807, 2.05) is 42.6 Å². The number of carbonyl (C=O) groups excluding carboxylic acids is 1. The van der Waals surface area contributed by atoms with E-state index in [9.17, 15) is 4.79 Å². The van der Waals surface area contributed by atoms with Gasteiger partial charge in [0.05, 0.1) is 18.1 Å². The van der Waals surface area contributed by atoms with Crippen LogP contribution in [0.25, 0.3) is 0 Å². The van der Waals surface area contributed by atoms with Crippen molar-refractivity contribution >= 4 is 6.29 Å². The summed E-state index contributed by atoms with van der Waals surface area (Å²) in [7, 11) is 0. The number of pyridine rings is 1. The van der Waals surface area contributed by atoms with E-state index in [1.54, 1.807) is 6.20 Å². The molecule has 0 amide bonds. The van der Waals surface area contributed by atoms with Crippen molar-refractivity contribution in [3.8, 4) is 0 Å². The Labute approximate surface area is 111 Å². The number of hydrogen-bond acceptors (Lipinski definition) is 4. The van der Waals surface area contributed by atoms with Gasteiger partial charge in [0, 0.05) is 12.4 Å². The Bertz CT molecular complexity index is 585. The van der Waals surface area contributed by atoms with Crippen molar-refractivity contribution in [3.63, 3.8) is 0 Å². The third-order valence-electron chi connectivity index (χ3n) is 3.58. The third-order valence-corrected chi connectivity index (χ3v) is 3.58. The molecule has 3 atom stereocenters. The first-order chi connectivity index (χ1) is 9.31. The van der Waals surface area contributed by atoms with Crippen molar-refractivity contribution < 1.29 is 4.79 Å². The minimum absolute atomic E-state index is 0.0418. The molecular weight excluding hydrogens is 238 g/mol. The fraction of sp³-hybridized carbons (Fsp3) is 0.200. The van der Waals surface area contributed by atoms with Crippen LogP contribution in [0.4, 0.5) is 0 Å². The lowest BCUT2D eigenvalue weighted by molar-refractivity contribution is -0.110. The van der Waals surface area contributed by atoms with Crippen molar-refractivity contribution in [2.24, 2.45) is 5.73 Å². The smallest absolute Gasteiger partial charge is 0.138 e. The largest absolute Gasteiger partial charge is 0.322 e. The highest BCUT2D eigenvalue weighted by Gasteiger charge is 2.32. The number of carbonyl (C=O) groups is 1. The molecule has 96 valence electrons. The maximum atomic E-state index is 11.2. The van der Waals surface area contributed by atoms with Crippen LogP contribution in [0.3, 0.4) is 0 Å². The number of aldehydes is 1. The quantitative estimate of drug-likeness (QED) is 0.793. The maximum absolute atomic E-state index is 11.2. The number of rotatable bonds is 2. The fourth-order valence-electron chi connectivity index (χ4n) is 2.60. The Kier molecular flexibility index (Phi) is 3.11. The normalized spacial score (nSPS) is 25.6. The number of nitrogens with one attached hydrogen (secondary N) is 1. The van der Waals surface area contributed by atoms with Crippen molar-refractivity contribution in [1.82, 2.24) is 10.3 Å². The molecule has 0 bridgehead atoms. The van der Waals surface area contributed by atoms with E-state index in [-0.39, 0.29) is 18.1 Å². The average molecular weight is 253 g/mol. The summed E-state index contributed by atoms with van der Waals surface area (Å²) < 4.78 is 0. The number of benzene rings is 1. The molecule has 0 radical (unpaired) electrons. The number of nitrogens with two attached hydrogens (primary N) is 1. The number of fused-ring (bicyclic) bond motifs is 1. The zero-order valence-corrected chi connectivity index (χ0v) is 10.4. The van der Waals surface area contributed by atoms with Gasteiger partial charge in [-0.15, -0.1) is 0 Å². The van der Waals surface area contributed by atoms with Gasteiger partial charge >= 0.3 is 0 Å². The topological polar surface area (TPSA) is 68.0 Å². The van der Waals surface area contributed by atoms with E-state index < -0.39 is 0 Å². The molecule has 1 aliphatic heterocycles. The van der Waals surface area contributed by atoms with Gasteiger partial charge in [-0.25, -0.2) is 0 Å². The van der Waals surface area contributed by atoms with Crippen LogP contribution in [0.15, 0.2) is 48.8 Å². The molecule has 0 saturated heterocycles. The van der Waals surface area contributed by atoms with E-state index in [0.717, 1.165) is 23.0 Å². The molecule has 4 heteroatoms. The molecule has 1 aromatic carbocycles. The molecule has 0 fully saturated rings. The summed E-state index contributed by atoms with van der Waals surface area (Å²) in [6, 6.07) is 11.1. The predicted octanol–water partition coefficient (Wildman–Crippen LogP) is 1.34. The van der Waals surface area contributed by atoms with Gasteiger partial charge in [0.1, 0.15) is 6.29 Å². The van der Waals surface area contributed by atoms with E-state index in [0.29, 0.717) is 0 Å². The first-order valence-electron chi connectivity index (χ1n) is 6.27. The third kappa shape index (κ3) is 2.05. The molecular formula is C15H15N3O. The number of hydrogen-bond donors (Lipinski definition) is 2. The zero-order chi connectivity index (χ0) is 13.2. The highest BCUT2D eigenvalue weighted by molar-refractivity contribution is 5.62. The second-order valence-corrected chi connectivity index (χ2v) is 4.70. The molecule has 0 saturated carbocycles. The Morgan fingerprint density at radius 2 is 1.95 bits per heavy atom. The van der Waals surface area contributed by atoms with Gasteiger partial charge in [-0.3, -0.25) is 10.3 Å². The van der Waals surface area contributed by atoms with E-state index in [2.05, 4.69) is 10.3 Å².